The van der Waals surface area contributed by atoms with Gasteiger partial charge in [0.05, 0.1) is 17.5 Å². The zero-order valence-electron chi connectivity index (χ0n) is 24.0. The molecule has 3 heterocycles. The zero-order valence-corrected chi connectivity index (χ0v) is 24.0. The second-order valence-corrected chi connectivity index (χ2v) is 13.0. The van der Waals surface area contributed by atoms with Crippen molar-refractivity contribution in [3.63, 3.8) is 0 Å². The van der Waals surface area contributed by atoms with Gasteiger partial charge in [-0.3, -0.25) is 14.5 Å². The molecule has 4 fully saturated rings. The van der Waals surface area contributed by atoms with Gasteiger partial charge in [0.15, 0.2) is 5.69 Å². The standard InChI is InChI=1S/C32H44N4O4/c1-20(2)40-34-28(13-14-30(37)38)31-32(39)36(29-10-6-5-9-27(29)33-31)26-18-23-11-12-24(19-26)35(23)25-16-21-7-3-4-8-22(15-21)17-25/h5-6,9-10,20-26H,3-4,7-8,11-19H2,1-2H3,(H,37,38)/b34-28+/t21-,22+,23-,24+,25?,26+. The highest BCUT2D eigenvalue weighted by atomic mass is 16.6. The molecule has 1 aromatic carbocycles. The van der Waals surface area contributed by atoms with Gasteiger partial charge in [-0.05, 0) is 82.8 Å². The SMILES string of the molecule is CC(C)O/N=C(\CCC(=O)O)c1nc2ccccc2n([C@H]2C[C@H]3CC[C@@H](C2)N3C2C[C@H]3CCCC[C@@H](C2)C3)c1=O. The Labute approximate surface area is 236 Å². The Bertz CT molecular complexity index is 1290. The van der Waals surface area contributed by atoms with Crippen molar-refractivity contribution >= 4 is 22.7 Å². The summed E-state index contributed by atoms with van der Waals surface area (Å²) in [6, 6.07) is 9.64. The summed E-state index contributed by atoms with van der Waals surface area (Å²) in [6.45, 7) is 3.71. The van der Waals surface area contributed by atoms with Gasteiger partial charge in [-0.25, -0.2) is 4.98 Å². The number of nitrogens with zero attached hydrogens (tertiary/aromatic N) is 4. The van der Waals surface area contributed by atoms with E-state index in [0.717, 1.165) is 35.7 Å². The molecule has 40 heavy (non-hydrogen) atoms. The molecular formula is C32H44N4O4. The molecule has 1 N–H and O–H groups in total. The molecule has 0 amide bonds. The molecule has 0 spiro atoms. The quantitative estimate of drug-likeness (QED) is 0.325. The van der Waals surface area contributed by atoms with E-state index in [-0.39, 0.29) is 36.2 Å². The van der Waals surface area contributed by atoms with E-state index in [1.54, 1.807) is 0 Å². The van der Waals surface area contributed by atoms with E-state index >= 15 is 0 Å². The first kappa shape index (κ1) is 27.4. The fourth-order valence-corrected chi connectivity index (χ4v) is 8.41. The fraction of sp³-hybridized carbons (Fsp3) is 0.688. The Morgan fingerprint density at radius 3 is 2.27 bits per heavy atom. The molecule has 2 aliphatic carbocycles. The van der Waals surface area contributed by atoms with Crippen LogP contribution in [0.25, 0.3) is 11.0 Å². The fourth-order valence-electron chi connectivity index (χ4n) is 8.41. The van der Waals surface area contributed by atoms with Crippen molar-refractivity contribution in [3.8, 4) is 0 Å². The first-order valence-corrected chi connectivity index (χ1v) is 15.6. The summed E-state index contributed by atoms with van der Waals surface area (Å²) in [6.07, 6.45) is 13.9. The normalized spacial score (nSPS) is 30.9. The van der Waals surface area contributed by atoms with Crippen LogP contribution in [-0.2, 0) is 9.63 Å². The van der Waals surface area contributed by atoms with Crippen molar-refractivity contribution in [2.24, 2.45) is 17.0 Å². The number of hydrogen-bond donors (Lipinski definition) is 1. The Balaban J connectivity index is 1.33. The van der Waals surface area contributed by atoms with E-state index in [9.17, 15) is 14.7 Å². The van der Waals surface area contributed by atoms with E-state index in [1.165, 1.54) is 57.8 Å². The highest BCUT2D eigenvalue weighted by Gasteiger charge is 2.47. The lowest BCUT2D eigenvalue weighted by molar-refractivity contribution is -0.136. The summed E-state index contributed by atoms with van der Waals surface area (Å²) in [5.41, 5.74) is 1.92. The summed E-state index contributed by atoms with van der Waals surface area (Å²) in [4.78, 5) is 38.7. The van der Waals surface area contributed by atoms with E-state index in [4.69, 9.17) is 9.82 Å². The number of piperidine rings is 1. The number of aromatic nitrogens is 2. The summed E-state index contributed by atoms with van der Waals surface area (Å²) in [5, 5.41) is 13.6. The molecule has 2 aromatic rings. The van der Waals surface area contributed by atoms with Crippen LogP contribution in [-0.4, -0.2) is 55.5 Å². The first-order valence-electron chi connectivity index (χ1n) is 15.6. The molecule has 2 saturated carbocycles. The first-order chi connectivity index (χ1) is 19.4. The van der Waals surface area contributed by atoms with Gasteiger partial charge < -0.3 is 14.5 Å². The van der Waals surface area contributed by atoms with Crippen molar-refractivity contribution in [2.45, 2.75) is 128 Å². The minimum Gasteiger partial charge on any atom is -0.481 e. The van der Waals surface area contributed by atoms with Crippen molar-refractivity contribution in [1.82, 2.24) is 14.5 Å². The van der Waals surface area contributed by atoms with E-state index in [1.807, 2.05) is 42.7 Å². The van der Waals surface area contributed by atoms with Crippen LogP contribution in [0.15, 0.2) is 34.2 Å². The average Bonchev–Trinajstić information content (AvgIpc) is 3.08. The molecule has 8 nitrogen and oxygen atoms in total. The summed E-state index contributed by atoms with van der Waals surface area (Å²) >= 11 is 0. The van der Waals surface area contributed by atoms with Gasteiger partial charge in [0.2, 0.25) is 0 Å². The molecule has 1 unspecified atom stereocenters. The number of hydrogen-bond acceptors (Lipinski definition) is 6. The second kappa shape index (κ2) is 11.6. The van der Waals surface area contributed by atoms with Crippen molar-refractivity contribution in [1.29, 1.82) is 0 Å². The predicted molar refractivity (Wildman–Crippen MR) is 156 cm³/mol. The molecule has 6 atom stereocenters. The molecular weight excluding hydrogens is 504 g/mol. The van der Waals surface area contributed by atoms with Crippen LogP contribution in [0.2, 0.25) is 0 Å². The Hall–Kier alpha value is -2.74. The maximum Gasteiger partial charge on any atom is 0.303 e. The van der Waals surface area contributed by atoms with Crippen LogP contribution in [0.5, 0.6) is 0 Å². The molecule has 216 valence electrons. The highest BCUT2D eigenvalue weighted by molar-refractivity contribution is 6.00. The molecule has 0 radical (unpaired) electrons. The number of fused-ring (bicyclic) bond motifs is 5. The Kier molecular flexibility index (Phi) is 7.98. The lowest BCUT2D eigenvalue weighted by Gasteiger charge is -2.48. The molecule has 2 saturated heterocycles. The van der Waals surface area contributed by atoms with Crippen LogP contribution in [0, 0.1) is 11.8 Å². The van der Waals surface area contributed by atoms with Gasteiger partial charge in [0, 0.05) is 30.6 Å². The Morgan fingerprint density at radius 2 is 1.62 bits per heavy atom. The van der Waals surface area contributed by atoms with Gasteiger partial charge in [-0.15, -0.1) is 0 Å². The van der Waals surface area contributed by atoms with Gasteiger partial charge in [-0.2, -0.15) is 0 Å². The van der Waals surface area contributed by atoms with Gasteiger partial charge in [0.25, 0.3) is 5.56 Å². The van der Waals surface area contributed by atoms with Crippen LogP contribution < -0.4 is 5.56 Å². The zero-order chi connectivity index (χ0) is 27.8. The number of para-hydroxylation sites is 2. The largest absolute Gasteiger partial charge is 0.481 e. The van der Waals surface area contributed by atoms with Gasteiger partial charge in [-0.1, -0.05) is 43.0 Å². The van der Waals surface area contributed by atoms with Crippen LogP contribution >= 0.6 is 0 Å². The third-order valence-corrected chi connectivity index (χ3v) is 9.92. The van der Waals surface area contributed by atoms with Crippen molar-refractivity contribution in [3.05, 3.63) is 40.3 Å². The smallest absolute Gasteiger partial charge is 0.303 e. The number of oxime groups is 1. The third kappa shape index (κ3) is 5.56. The highest BCUT2D eigenvalue weighted by Crippen LogP contribution is 2.48. The van der Waals surface area contributed by atoms with E-state index < -0.39 is 5.97 Å². The van der Waals surface area contributed by atoms with E-state index in [2.05, 4.69) is 10.1 Å². The molecule has 4 aliphatic rings. The number of carboxylic acid groups (broad SMARTS) is 1. The lowest BCUT2D eigenvalue weighted by Crippen LogP contribution is -2.52. The molecule has 8 heteroatoms. The number of carbonyl (C=O) groups is 1. The Morgan fingerprint density at radius 1 is 0.950 bits per heavy atom. The minimum atomic E-state index is -0.940. The van der Waals surface area contributed by atoms with Crippen LogP contribution in [0.1, 0.15) is 109 Å². The lowest BCUT2D eigenvalue weighted by atomic mass is 9.76. The topological polar surface area (TPSA) is 97.0 Å². The summed E-state index contributed by atoms with van der Waals surface area (Å²) in [5.74, 6) is 0.855. The minimum absolute atomic E-state index is 0.0884. The van der Waals surface area contributed by atoms with Gasteiger partial charge in [0.1, 0.15) is 11.8 Å². The second-order valence-electron chi connectivity index (χ2n) is 13.0. The van der Waals surface area contributed by atoms with E-state index in [0.29, 0.717) is 23.8 Å². The monoisotopic (exact) mass is 548 g/mol. The number of rotatable bonds is 8. The molecule has 1 aromatic heterocycles. The van der Waals surface area contributed by atoms with Crippen LogP contribution in [0.3, 0.4) is 0 Å². The molecule has 6 rings (SSSR count). The van der Waals surface area contributed by atoms with Crippen LogP contribution in [0.4, 0.5) is 0 Å². The number of aliphatic carboxylic acids is 1. The average molecular weight is 549 g/mol. The number of carboxylic acids is 1. The predicted octanol–water partition coefficient (Wildman–Crippen LogP) is 5.92. The summed E-state index contributed by atoms with van der Waals surface area (Å²) < 4.78 is 1.96. The van der Waals surface area contributed by atoms with Crippen molar-refractivity contribution in [2.75, 3.05) is 0 Å². The maximum absolute atomic E-state index is 14.2. The maximum atomic E-state index is 14.2. The van der Waals surface area contributed by atoms with Crippen molar-refractivity contribution < 1.29 is 14.7 Å². The van der Waals surface area contributed by atoms with Gasteiger partial charge >= 0.3 is 5.97 Å². The number of benzene rings is 1. The summed E-state index contributed by atoms with van der Waals surface area (Å²) in [7, 11) is 0. The molecule has 4 bridgehead atoms. The third-order valence-electron chi connectivity index (χ3n) is 9.92. The molecule has 2 aliphatic heterocycles.